The molecule has 2 rings (SSSR count). The van der Waals surface area contributed by atoms with Gasteiger partial charge in [-0.3, -0.25) is 9.78 Å². The Labute approximate surface area is 125 Å². The first kappa shape index (κ1) is 15.0. The van der Waals surface area contributed by atoms with Crippen molar-refractivity contribution in [3.05, 3.63) is 59.4 Å². The van der Waals surface area contributed by atoms with Gasteiger partial charge in [0.05, 0.1) is 0 Å². The number of amides is 1. The van der Waals surface area contributed by atoms with E-state index in [4.69, 9.17) is 5.73 Å². The predicted molar refractivity (Wildman–Crippen MR) is 85.1 cm³/mol. The largest absolute Gasteiger partial charge is 0.398 e. The zero-order chi connectivity index (χ0) is 15.2. The topological polar surface area (TPSA) is 59.2 Å². The van der Waals surface area contributed by atoms with Crippen molar-refractivity contribution >= 4 is 11.6 Å². The summed E-state index contributed by atoms with van der Waals surface area (Å²) in [7, 11) is 0. The minimum absolute atomic E-state index is 0.0383. The van der Waals surface area contributed by atoms with E-state index < -0.39 is 0 Å². The summed E-state index contributed by atoms with van der Waals surface area (Å²) >= 11 is 0. The third kappa shape index (κ3) is 3.60. The Bertz CT molecular complexity index is 611. The van der Waals surface area contributed by atoms with Crippen LogP contribution in [0, 0.1) is 6.92 Å². The normalized spacial score (nSPS) is 10.4. The second-order valence-electron chi connectivity index (χ2n) is 5.01. The van der Waals surface area contributed by atoms with Crippen molar-refractivity contribution in [1.82, 2.24) is 9.88 Å². The Morgan fingerprint density at radius 1 is 1.24 bits per heavy atom. The SMILES string of the molecule is CCN(CCc1ccncc1)C(=O)c1cccc(N)c1C. The standard InChI is InChI=1S/C17H21N3O/c1-3-20(12-9-14-7-10-19-11-8-14)17(21)15-5-4-6-16(18)13(15)2/h4-8,10-11H,3,9,12,18H2,1-2H3. The Morgan fingerprint density at radius 3 is 2.62 bits per heavy atom. The molecule has 0 saturated carbocycles. The number of anilines is 1. The van der Waals surface area contributed by atoms with Crippen LogP contribution in [0.15, 0.2) is 42.7 Å². The average Bonchev–Trinajstić information content (AvgIpc) is 2.51. The monoisotopic (exact) mass is 283 g/mol. The molecule has 0 aliphatic heterocycles. The molecule has 0 fully saturated rings. The molecule has 0 aliphatic carbocycles. The summed E-state index contributed by atoms with van der Waals surface area (Å²) in [6, 6.07) is 9.43. The lowest BCUT2D eigenvalue weighted by Gasteiger charge is -2.22. The van der Waals surface area contributed by atoms with Gasteiger partial charge in [-0.1, -0.05) is 6.07 Å². The molecule has 2 aromatic rings. The molecule has 2 N–H and O–H groups in total. The third-order valence-corrected chi connectivity index (χ3v) is 3.69. The molecule has 0 spiro atoms. The van der Waals surface area contributed by atoms with E-state index in [1.54, 1.807) is 12.4 Å². The summed E-state index contributed by atoms with van der Waals surface area (Å²) in [5, 5.41) is 0. The van der Waals surface area contributed by atoms with Crippen molar-refractivity contribution in [3.8, 4) is 0 Å². The van der Waals surface area contributed by atoms with E-state index in [1.807, 2.05) is 49.1 Å². The smallest absolute Gasteiger partial charge is 0.254 e. The van der Waals surface area contributed by atoms with Crippen LogP contribution in [0.25, 0.3) is 0 Å². The van der Waals surface area contributed by atoms with Gasteiger partial charge in [0, 0.05) is 36.7 Å². The highest BCUT2D eigenvalue weighted by molar-refractivity contribution is 5.96. The van der Waals surface area contributed by atoms with Gasteiger partial charge in [-0.05, 0) is 55.7 Å². The van der Waals surface area contributed by atoms with Crippen LogP contribution in [0.1, 0.15) is 28.4 Å². The van der Waals surface area contributed by atoms with Gasteiger partial charge in [0.2, 0.25) is 0 Å². The van der Waals surface area contributed by atoms with Crippen LogP contribution in [0.3, 0.4) is 0 Å². The first-order chi connectivity index (χ1) is 10.1. The molecule has 1 amide bonds. The lowest BCUT2D eigenvalue weighted by Crippen LogP contribution is -2.33. The van der Waals surface area contributed by atoms with Gasteiger partial charge >= 0.3 is 0 Å². The number of rotatable bonds is 5. The van der Waals surface area contributed by atoms with Gasteiger partial charge in [0.15, 0.2) is 0 Å². The number of pyridine rings is 1. The molecule has 0 saturated heterocycles. The first-order valence-electron chi connectivity index (χ1n) is 7.16. The Kier molecular flexibility index (Phi) is 4.93. The molecule has 4 heteroatoms. The minimum Gasteiger partial charge on any atom is -0.398 e. The molecular formula is C17H21N3O. The van der Waals surface area contributed by atoms with E-state index in [0.717, 1.165) is 12.0 Å². The van der Waals surface area contributed by atoms with Crippen molar-refractivity contribution in [3.63, 3.8) is 0 Å². The van der Waals surface area contributed by atoms with Gasteiger partial charge in [0.1, 0.15) is 0 Å². The summed E-state index contributed by atoms with van der Waals surface area (Å²) in [5.74, 6) is 0.0383. The van der Waals surface area contributed by atoms with E-state index in [-0.39, 0.29) is 5.91 Å². The summed E-state index contributed by atoms with van der Waals surface area (Å²) in [5.41, 5.74) is 9.27. The van der Waals surface area contributed by atoms with Gasteiger partial charge in [-0.25, -0.2) is 0 Å². The second-order valence-corrected chi connectivity index (χ2v) is 5.01. The van der Waals surface area contributed by atoms with Crippen molar-refractivity contribution in [2.75, 3.05) is 18.8 Å². The average molecular weight is 283 g/mol. The van der Waals surface area contributed by atoms with Gasteiger partial charge in [-0.15, -0.1) is 0 Å². The molecule has 110 valence electrons. The van der Waals surface area contributed by atoms with E-state index in [0.29, 0.717) is 24.3 Å². The molecule has 0 atom stereocenters. The zero-order valence-corrected chi connectivity index (χ0v) is 12.5. The van der Waals surface area contributed by atoms with E-state index >= 15 is 0 Å². The molecular weight excluding hydrogens is 262 g/mol. The maximum atomic E-state index is 12.6. The number of benzene rings is 1. The van der Waals surface area contributed by atoms with E-state index in [2.05, 4.69) is 4.98 Å². The van der Waals surface area contributed by atoms with Gasteiger partial charge in [-0.2, -0.15) is 0 Å². The fourth-order valence-corrected chi connectivity index (χ4v) is 2.27. The summed E-state index contributed by atoms with van der Waals surface area (Å²) in [6.45, 7) is 5.25. The van der Waals surface area contributed by atoms with E-state index in [1.165, 1.54) is 5.56 Å². The molecule has 0 bridgehead atoms. The zero-order valence-electron chi connectivity index (χ0n) is 12.5. The number of carbonyl (C=O) groups excluding carboxylic acids is 1. The maximum Gasteiger partial charge on any atom is 0.254 e. The summed E-state index contributed by atoms with van der Waals surface area (Å²) < 4.78 is 0. The van der Waals surface area contributed by atoms with Crippen LogP contribution < -0.4 is 5.73 Å². The highest BCUT2D eigenvalue weighted by Gasteiger charge is 2.16. The highest BCUT2D eigenvalue weighted by Crippen LogP contribution is 2.17. The third-order valence-electron chi connectivity index (χ3n) is 3.69. The van der Waals surface area contributed by atoms with Crippen LogP contribution in [-0.2, 0) is 6.42 Å². The number of carbonyl (C=O) groups is 1. The maximum absolute atomic E-state index is 12.6. The lowest BCUT2D eigenvalue weighted by molar-refractivity contribution is 0.0765. The second kappa shape index (κ2) is 6.88. The molecule has 21 heavy (non-hydrogen) atoms. The van der Waals surface area contributed by atoms with Crippen LogP contribution >= 0.6 is 0 Å². The van der Waals surface area contributed by atoms with Crippen molar-refractivity contribution in [1.29, 1.82) is 0 Å². The number of nitrogens with two attached hydrogens (primary N) is 1. The fraction of sp³-hybridized carbons (Fsp3) is 0.294. The van der Waals surface area contributed by atoms with E-state index in [9.17, 15) is 4.79 Å². The van der Waals surface area contributed by atoms with Crippen LogP contribution in [0.2, 0.25) is 0 Å². The number of hydrogen-bond acceptors (Lipinski definition) is 3. The number of nitrogens with zero attached hydrogens (tertiary/aromatic N) is 2. The van der Waals surface area contributed by atoms with Crippen LogP contribution in [-0.4, -0.2) is 28.9 Å². The highest BCUT2D eigenvalue weighted by atomic mass is 16.2. The van der Waals surface area contributed by atoms with Crippen LogP contribution in [0.4, 0.5) is 5.69 Å². The number of likely N-dealkylation sites (N-methyl/N-ethyl adjacent to an activating group) is 1. The van der Waals surface area contributed by atoms with Crippen molar-refractivity contribution in [2.24, 2.45) is 0 Å². The predicted octanol–water partition coefficient (Wildman–Crippen LogP) is 2.68. The van der Waals surface area contributed by atoms with Crippen molar-refractivity contribution in [2.45, 2.75) is 20.3 Å². The minimum atomic E-state index is 0.0383. The lowest BCUT2D eigenvalue weighted by atomic mass is 10.1. The first-order valence-corrected chi connectivity index (χ1v) is 7.16. The molecule has 1 aromatic heterocycles. The quantitative estimate of drug-likeness (QED) is 0.858. The number of nitrogen functional groups attached to an aromatic ring is 1. The Morgan fingerprint density at radius 2 is 1.95 bits per heavy atom. The fourth-order valence-electron chi connectivity index (χ4n) is 2.27. The summed E-state index contributed by atoms with van der Waals surface area (Å²) in [4.78, 5) is 18.5. The van der Waals surface area contributed by atoms with Gasteiger partial charge in [0.25, 0.3) is 5.91 Å². The van der Waals surface area contributed by atoms with Gasteiger partial charge < -0.3 is 10.6 Å². The van der Waals surface area contributed by atoms with Crippen LogP contribution in [0.5, 0.6) is 0 Å². The molecule has 0 radical (unpaired) electrons. The number of hydrogen-bond donors (Lipinski definition) is 1. The Hall–Kier alpha value is -2.36. The molecule has 0 aliphatic rings. The van der Waals surface area contributed by atoms with Crippen molar-refractivity contribution < 1.29 is 4.79 Å². The number of aromatic nitrogens is 1. The molecule has 4 nitrogen and oxygen atoms in total. The Balaban J connectivity index is 2.10. The molecule has 1 heterocycles. The molecule has 0 unspecified atom stereocenters. The molecule has 1 aromatic carbocycles. The summed E-state index contributed by atoms with van der Waals surface area (Å²) in [6.07, 6.45) is 4.37.